The Bertz CT molecular complexity index is 377. The smallest absolute Gasteiger partial charge is 0.193 e. The lowest BCUT2D eigenvalue weighted by molar-refractivity contribution is -0.0370. The highest BCUT2D eigenvalue weighted by Gasteiger charge is 2.38. The minimum atomic E-state index is 0. The zero-order valence-corrected chi connectivity index (χ0v) is 16.7. The molecular weight excluding hydrogens is 405 g/mol. The van der Waals surface area contributed by atoms with E-state index in [2.05, 4.69) is 15.2 Å². The summed E-state index contributed by atoms with van der Waals surface area (Å²) in [5.74, 6) is 1.87. The molecule has 0 aromatic carbocycles. The van der Waals surface area contributed by atoms with Gasteiger partial charge in [-0.25, -0.2) is 0 Å². The second-order valence-corrected chi connectivity index (χ2v) is 7.17. The summed E-state index contributed by atoms with van der Waals surface area (Å²) in [6.45, 7) is 6.60. The van der Waals surface area contributed by atoms with Gasteiger partial charge in [-0.2, -0.15) is 0 Å². The summed E-state index contributed by atoms with van der Waals surface area (Å²) in [7, 11) is 1.88. The Morgan fingerprint density at radius 3 is 2.87 bits per heavy atom. The first kappa shape index (κ1) is 19.2. The third-order valence-corrected chi connectivity index (χ3v) is 5.16. The lowest BCUT2D eigenvalue weighted by atomic mass is 9.76. The third-order valence-electron chi connectivity index (χ3n) is 5.16. The van der Waals surface area contributed by atoms with Crippen molar-refractivity contribution in [2.24, 2.45) is 16.3 Å². The summed E-state index contributed by atoms with van der Waals surface area (Å²) >= 11 is 0. The monoisotopic (exact) mass is 437 g/mol. The predicted molar refractivity (Wildman–Crippen MR) is 104 cm³/mol. The normalized spacial score (nSPS) is 28.6. The van der Waals surface area contributed by atoms with Crippen LogP contribution >= 0.6 is 24.0 Å². The summed E-state index contributed by atoms with van der Waals surface area (Å²) in [6.07, 6.45) is 7.74. The van der Waals surface area contributed by atoms with Crippen LogP contribution in [-0.4, -0.2) is 64.0 Å². The summed E-state index contributed by atoms with van der Waals surface area (Å²) < 4.78 is 11.5. The molecule has 0 aromatic rings. The van der Waals surface area contributed by atoms with E-state index in [4.69, 9.17) is 9.47 Å². The largest absolute Gasteiger partial charge is 0.381 e. The van der Waals surface area contributed by atoms with Crippen molar-refractivity contribution in [2.45, 2.75) is 38.5 Å². The Labute approximate surface area is 157 Å². The van der Waals surface area contributed by atoms with Gasteiger partial charge in [0.1, 0.15) is 0 Å². The first-order valence-electron chi connectivity index (χ1n) is 8.92. The van der Waals surface area contributed by atoms with Crippen molar-refractivity contribution >= 4 is 29.9 Å². The molecule has 3 aliphatic rings. The Morgan fingerprint density at radius 2 is 2.17 bits per heavy atom. The molecule has 0 amide bonds. The zero-order chi connectivity index (χ0) is 15.3. The quantitative estimate of drug-likeness (QED) is 0.311. The molecule has 0 bridgehead atoms. The topological polar surface area (TPSA) is 46.1 Å². The van der Waals surface area contributed by atoms with E-state index in [-0.39, 0.29) is 24.0 Å². The van der Waals surface area contributed by atoms with Gasteiger partial charge < -0.3 is 19.7 Å². The molecule has 2 heterocycles. The molecule has 6 heteroatoms. The third kappa shape index (κ3) is 5.74. The Kier molecular flexibility index (Phi) is 7.88. The molecule has 0 aromatic heterocycles. The fraction of sp³-hybridized carbons (Fsp3) is 0.941. The molecule has 1 N–H and O–H groups in total. The van der Waals surface area contributed by atoms with E-state index >= 15 is 0 Å². The molecule has 1 aliphatic carbocycles. The van der Waals surface area contributed by atoms with Gasteiger partial charge in [-0.05, 0) is 44.4 Å². The minimum absolute atomic E-state index is 0. The molecule has 3 fully saturated rings. The van der Waals surface area contributed by atoms with Gasteiger partial charge in [-0.3, -0.25) is 4.99 Å². The van der Waals surface area contributed by atoms with E-state index < -0.39 is 0 Å². The summed E-state index contributed by atoms with van der Waals surface area (Å²) in [5, 5.41) is 3.47. The zero-order valence-electron chi connectivity index (χ0n) is 14.4. The highest BCUT2D eigenvalue weighted by molar-refractivity contribution is 14.0. The second kappa shape index (κ2) is 9.42. The Morgan fingerprint density at radius 1 is 1.35 bits per heavy atom. The van der Waals surface area contributed by atoms with Crippen molar-refractivity contribution in [3.63, 3.8) is 0 Å². The van der Waals surface area contributed by atoms with Crippen molar-refractivity contribution in [3.8, 4) is 0 Å². The van der Waals surface area contributed by atoms with Crippen LogP contribution in [0.2, 0.25) is 0 Å². The standard InChI is InChI=1S/C17H31N3O2.HI/c1-18-16(19-8-11-21-12-15-4-5-15)20-9-2-6-17(13-20)7-3-10-22-14-17;/h15H,2-14H2,1H3,(H,18,19);1H. The van der Waals surface area contributed by atoms with Gasteiger partial charge in [-0.15, -0.1) is 24.0 Å². The minimum Gasteiger partial charge on any atom is -0.381 e. The number of halogens is 1. The maximum absolute atomic E-state index is 5.76. The highest BCUT2D eigenvalue weighted by atomic mass is 127. The van der Waals surface area contributed by atoms with E-state index in [1.165, 1.54) is 38.5 Å². The molecule has 134 valence electrons. The van der Waals surface area contributed by atoms with Crippen molar-refractivity contribution in [3.05, 3.63) is 0 Å². The maximum Gasteiger partial charge on any atom is 0.193 e. The van der Waals surface area contributed by atoms with Gasteiger partial charge >= 0.3 is 0 Å². The predicted octanol–water partition coefficient (Wildman–Crippen LogP) is 2.50. The average Bonchev–Trinajstić information content (AvgIpc) is 3.36. The second-order valence-electron chi connectivity index (χ2n) is 7.17. The van der Waals surface area contributed by atoms with E-state index in [1.54, 1.807) is 0 Å². The van der Waals surface area contributed by atoms with Crippen LogP contribution in [0.4, 0.5) is 0 Å². The Balaban J connectivity index is 0.00000192. The summed E-state index contributed by atoms with van der Waals surface area (Å²) in [5.41, 5.74) is 0.358. The van der Waals surface area contributed by atoms with E-state index in [1.807, 2.05) is 7.05 Å². The number of hydrogen-bond acceptors (Lipinski definition) is 3. The number of nitrogens with one attached hydrogen (secondary N) is 1. The molecule has 23 heavy (non-hydrogen) atoms. The molecule has 2 aliphatic heterocycles. The molecule has 1 spiro atoms. The molecule has 1 atom stereocenters. The van der Waals surface area contributed by atoms with Crippen LogP contribution in [0.15, 0.2) is 4.99 Å². The number of rotatable bonds is 5. The highest BCUT2D eigenvalue weighted by Crippen LogP contribution is 2.37. The van der Waals surface area contributed by atoms with E-state index in [9.17, 15) is 0 Å². The SMILES string of the molecule is CN=C(NCCOCC1CC1)N1CCCC2(CCCOC2)C1.I. The number of hydrogen-bond donors (Lipinski definition) is 1. The van der Waals surface area contributed by atoms with Crippen LogP contribution in [0.1, 0.15) is 38.5 Å². The number of aliphatic imine (C=N–C) groups is 1. The van der Waals surface area contributed by atoms with Crippen LogP contribution in [0.3, 0.4) is 0 Å². The van der Waals surface area contributed by atoms with E-state index in [0.717, 1.165) is 57.9 Å². The van der Waals surface area contributed by atoms with Crippen molar-refractivity contribution < 1.29 is 9.47 Å². The summed E-state index contributed by atoms with van der Waals surface area (Å²) in [6, 6.07) is 0. The number of likely N-dealkylation sites (tertiary alicyclic amines) is 1. The number of guanidine groups is 1. The lowest BCUT2D eigenvalue weighted by Gasteiger charge is -2.45. The molecule has 2 saturated heterocycles. The number of nitrogens with zero attached hydrogens (tertiary/aromatic N) is 2. The van der Waals surface area contributed by atoms with Gasteiger partial charge in [0.2, 0.25) is 0 Å². The van der Waals surface area contributed by atoms with Crippen LogP contribution in [-0.2, 0) is 9.47 Å². The molecule has 1 unspecified atom stereocenters. The molecule has 1 saturated carbocycles. The first-order valence-corrected chi connectivity index (χ1v) is 8.92. The molecule has 0 radical (unpaired) electrons. The lowest BCUT2D eigenvalue weighted by Crippen LogP contribution is -2.53. The molecular formula is C17H32IN3O2. The van der Waals surface area contributed by atoms with Crippen LogP contribution in [0, 0.1) is 11.3 Å². The Hall–Kier alpha value is -0.0800. The van der Waals surface area contributed by atoms with Crippen molar-refractivity contribution in [1.82, 2.24) is 10.2 Å². The van der Waals surface area contributed by atoms with Crippen LogP contribution in [0.25, 0.3) is 0 Å². The van der Waals surface area contributed by atoms with Crippen molar-refractivity contribution in [2.75, 3.05) is 53.1 Å². The first-order chi connectivity index (χ1) is 10.8. The van der Waals surface area contributed by atoms with Gasteiger partial charge in [0.25, 0.3) is 0 Å². The number of piperidine rings is 1. The van der Waals surface area contributed by atoms with Gasteiger partial charge in [-0.1, -0.05) is 0 Å². The maximum atomic E-state index is 5.76. The van der Waals surface area contributed by atoms with E-state index in [0.29, 0.717) is 5.41 Å². The van der Waals surface area contributed by atoms with Gasteiger partial charge in [0, 0.05) is 45.3 Å². The van der Waals surface area contributed by atoms with Crippen LogP contribution in [0.5, 0.6) is 0 Å². The van der Waals surface area contributed by atoms with Gasteiger partial charge in [0.15, 0.2) is 5.96 Å². The number of ether oxygens (including phenoxy) is 2. The summed E-state index contributed by atoms with van der Waals surface area (Å²) in [4.78, 5) is 6.89. The molecule has 5 nitrogen and oxygen atoms in total. The molecule has 3 rings (SSSR count). The fourth-order valence-corrected chi connectivity index (χ4v) is 3.72. The van der Waals surface area contributed by atoms with Crippen molar-refractivity contribution in [1.29, 1.82) is 0 Å². The fourth-order valence-electron chi connectivity index (χ4n) is 3.72. The van der Waals surface area contributed by atoms with Crippen LogP contribution < -0.4 is 5.32 Å². The van der Waals surface area contributed by atoms with Gasteiger partial charge in [0.05, 0.1) is 13.2 Å². The average molecular weight is 437 g/mol.